The van der Waals surface area contributed by atoms with E-state index in [1.165, 1.54) is 27.4 Å². The van der Waals surface area contributed by atoms with Gasteiger partial charge in [-0.3, -0.25) is 4.79 Å². The topological polar surface area (TPSA) is 99.0 Å². The molecule has 0 spiro atoms. The first-order chi connectivity index (χ1) is 13.6. The van der Waals surface area contributed by atoms with Gasteiger partial charge in [-0.2, -0.15) is 5.26 Å². The quantitative estimate of drug-likeness (QED) is 0.606. The first-order valence-corrected chi connectivity index (χ1v) is 8.22. The van der Waals surface area contributed by atoms with Gasteiger partial charge in [0.1, 0.15) is 11.6 Å². The van der Waals surface area contributed by atoms with E-state index in [-0.39, 0.29) is 12.4 Å². The minimum atomic E-state index is -0.564. The maximum atomic E-state index is 12.5. The lowest BCUT2D eigenvalue weighted by Gasteiger charge is -2.10. The van der Waals surface area contributed by atoms with Crippen molar-refractivity contribution < 1.29 is 28.5 Å². The lowest BCUT2D eigenvalue weighted by atomic mass is 10.1. The Morgan fingerprint density at radius 2 is 1.82 bits per heavy atom. The lowest BCUT2D eigenvalue weighted by Crippen LogP contribution is -2.13. The van der Waals surface area contributed by atoms with Gasteiger partial charge in [-0.25, -0.2) is 0 Å². The number of nitriles is 1. The molecule has 2 aromatic carbocycles. The van der Waals surface area contributed by atoms with Crippen LogP contribution < -0.4 is 29.0 Å². The van der Waals surface area contributed by atoms with Crippen molar-refractivity contribution in [3.8, 4) is 34.8 Å². The Morgan fingerprint density at radius 3 is 2.50 bits per heavy atom. The van der Waals surface area contributed by atoms with E-state index in [9.17, 15) is 10.1 Å². The Hall–Kier alpha value is -3.86. The van der Waals surface area contributed by atoms with E-state index >= 15 is 0 Å². The zero-order chi connectivity index (χ0) is 20.1. The van der Waals surface area contributed by atoms with Crippen LogP contribution >= 0.6 is 0 Å². The van der Waals surface area contributed by atoms with Crippen LogP contribution in [0.25, 0.3) is 6.08 Å². The Labute approximate surface area is 161 Å². The van der Waals surface area contributed by atoms with Crippen LogP contribution in [0.3, 0.4) is 0 Å². The number of anilines is 1. The number of ether oxygens (including phenoxy) is 5. The molecule has 3 rings (SSSR count). The van der Waals surface area contributed by atoms with Crippen LogP contribution in [0.2, 0.25) is 0 Å². The van der Waals surface area contributed by atoms with Crippen LogP contribution in [0.15, 0.2) is 35.9 Å². The van der Waals surface area contributed by atoms with Crippen LogP contribution in [-0.4, -0.2) is 34.0 Å². The summed E-state index contributed by atoms with van der Waals surface area (Å²) in [4.78, 5) is 12.5. The average molecular weight is 382 g/mol. The van der Waals surface area contributed by atoms with Gasteiger partial charge in [0, 0.05) is 11.8 Å². The lowest BCUT2D eigenvalue weighted by molar-refractivity contribution is -0.112. The van der Waals surface area contributed by atoms with E-state index in [1.807, 2.05) is 6.07 Å². The number of benzene rings is 2. The Morgan fingerprint density at radius 1 is 1.07 bits per heavy atom. The zero-order valence-electron chi connectivity index (χ0n) is 15.6. The van der Waals surface area contributed by atoms with E-state index < -0.39 is 5.91 Å². The molecule has 0 unspecified atom stereocenters. The number of nitrogens with one attached hydrogen (secondary N) is 1. The highest BCUT2D eigenvalue weighted by Gasteiger charge is 2.20. The summed E-state index contributed by atoms with van der Waals surface area (Å²) >= 11 is 0. The van der Waals surface area contributed by atoms with Crippen molar-refractivity contribution in [3.63, 3.8) is 0 Å². The molecule has 2 aromatic rings. The summed E-state index contributed by atoms with van der Waals surface area (Å²) < 4.78 is 26.4. The van der Waals surface area contributed by atoms with E-state index in [0.29, 0.717) is 40.0 Å². The molecular formula is C20H18N2O6. The van der Waals surface area contributed by atoms with Crippen LogP contribution in [0.5, 0.6) is 28.7 Å². The minimum Gasteiger partial charge on any atom is -0.493 e. The number of rotatable bonds is 6. The van der Waals surface area contributed by atoms with Gasteiger partial charge in [-0.05, 0) is 35.9 Å². The molecule has 0 atom stereocenters. The molecule has 8 nitrogen and oxygen atoms in total. The number of methoxy groups -OCH3 is 3. The Kier molecular flexibility index (Phi) is 5.56. The molecule has 1 heterocycles. The summed E-state index contributed by atoms with van der Waals surface area (Å²) in [7, 11) is 4.52. The van der Waals surface area contributed by atoms with Gasteiger partial charge >= 0.3 is 0 Å². The smallest absolute Gasteiger partial charge is 0.266 e. The van der Waals surface area contributed by atoms with Crippen molar-refractivity contribution in [3.05, 3.63) is 41.5 Å². The second-order valence-corrected chi connectivity index (χ2v) is 5.65. The summed E-state index contributed by atoms with van der Waals surface area (Å²) in [5, 5.41) is 12.1. The van der Waals surface area contributed by atoms with Gasteiger partial charge in [-0.1, -0.05) is 0 Å². The SMILES string of the molecule is COc1ccc(NC(=O)/C(C#N)=C/c2cc(OC)c3c(c2)OCO3)cc1OC. The Balaban J connectivity index is 1.86. The fraction of sp³-hybridized carbons (Fsp3) is 0.200. The molecule has 0 fully saturated rings. The molecule has 0 radical (unpaired) electrons. The van der Waals surface area contributed by atoms with Gasteiger partial charge in [0.05, 0.1) is 21.3 Å². The molecule has 0 aliphatic carbocycles. The maximum absolute atomic E-state index is 12.5. The third-order valence-electron chi connectivity index (χ3n) is 4.00. The van der Waals surface area contributed by atoms with Crippen molar-refractivity contribution in [2.24, 2.45) is 0 Å². The number of hydrogen-bond acceptors (Lipinski definition) is 7. The zero-order valence-corrected chi connectivity index (χ0v) is 15.6. The van der Waals surface area contributed by atoms with E-state index in [4.69, 9.17) is 23.7 Å². The Bertz CT molecular complexity index is 977. The predicted molar refractivity (Wildman–Crippen MR) is 101 cm³/mol. The molecule has 1 aliphatic rings. The molecule has 1 aliphatic heterocycles. The first kappa shape index (κ1) is 18.9. The van der Waals surface area contributed by atoms with Gasteiger partial charge in [0.25, 0.3) is 5.91 Å². The van der Waals surface area contributed by atoms with Crippen molar-refractivity contribution in [2.45, 2.75) is 0 Å². The highest BCUT2D eigenvalue weighted by atomic mass is 16.7. The number of nitrogens with zero attached hydrogens (tertiary/aromatic N) is 1. The molecule has 0 aromatic heterocycles. The normalized spacial score (nSPS) is 12.1. The van der Waals surface area contributed by atoms with Gasteiger partial charge in [0.15, 0.2) is 23.0 Å². The number of hydrogen-bond donors (Lipinski definition) is 1. The summed E-state index contributed by atoms with van der Waals surface area (Å²) in [6.45, 7) is 0.0871. The van der Waals surface area contributed by atoms with Crippen LogP contribution in [0.1, 0.15) is 5.56 Å². The summed E-state index contributed by atoms with van der Waals surface area (Å²) in [5.74, 6) is 1.87. The standard InChI is InChI=1S/C20H18N2O6/c1-24-15-5-4-14(9-16(15)25-2)22-20(23)13(10-21)6-12-7-17(26-3)19-18(8-12)27-11-28-19/h4-9H,11H2,1-3H3,(H,22,23)/b13-6+. The fourth-order valence-electron chi connectivity index (χ4n) is 2.66. The molecule has 8 heteroatoms. The summed E-state index contributed by atoms with van der Waals surface area (Å²) in [6, 6.07) is 10.2. The van der Waals surface area contributed by atoms with Crippen molar-refractivity contribution in [1.29, 1.82) is 5.26 Å². The monoisotopic (exact) mass is 382 g/mol. The number of carbonyl (C=O) groups excluding carboxylic acids is 1. The molecule has 28 heavy (non-hydrogen) atoms. The van der Waals surface area contributed by atoms with Gasteiger partial charge < -0.3 is 29.0 Å². The van der Waals surface area contributed by atoms with Crippen molar-refractivity contribution in [1.82, 2.24) is 0 Å². The first-order valence-electron chi connectivity index (χ1n) is 8.22. The minimum absolute atomic E-state index is 0.0871. The van der Waals surface area contributed by atoms with Crippen LogP contribution in [0, 0.1) is 11.3 Å². The number of amides is 1. The fourth-order valence-corrected chi connectivity index (χ4v) is 2.66. The molecule has 0 saturated heterocycles. The maximum Gasteiger partial charge on any atom is 0.266 e. The number of fused-ring (bicyclic) bond motifs is 1. The molecule has 0 bridgehead atoms. The number of carbonyl (C=O) groups is 1. The van der Waals surface area contributed by atoms with Gasteiger partial charge in [-0.15, -0.1) is 0 Å². The molecular weight excluding hydrogens is 364 g/mol. The second-order valence-electron chi connectivity index (χ2n) is 5.65. The molecule has 144 valence electrons. The molecule has 1 amide bonds. The molecule has 1 N–H and O–H groups in total. The summed E-state index contributed by atoms with van der Waals surface area (Å²) in [6.07, 6.45) is 1.45. The second kappa shape index (κ2) is 8.22. The van der Waals surface area contributed by atoms with Gasteiger partial charge in [0.2, 0.25) is 12.5 Å². The third kappa shape index (κ3) is 3.78. The third-order valence-corrected chi connectivity index (χ3v) is 4.00. The molecule has 0 saturated carbocycles. The highest BCUT2D eigenvalue weighted by molar-refractivity contribution is 6.09. The van der Waals surface area contributed by atoms with E-state index in [0.717, 1.165) is 0 Å². The predicted octanol–water partition coefficient (Wildman–Crippen LogP) is 2.99. The van der Waals surface area contributed by atoms with Crippen molar-refractivity contribution in [2.75, 3.05) is 33.4 Å². The largest absolute Gasteiger partial charge is 0.493 e. The van der Waals surface area contributed by atoms with E-state index in [2.05, 4.69) is 5.32 Å². The highest BCUT2D eigenvalue weighted by Crippen LogP contribution is 2.42. The average Bonchev–Trinajstić information content (AvgIpc) is 3.19. The van der Waals surface area contributed by atoms with Crippen LogP contribution in [0.4, 0.5) is 5.69 Å². The van der Waals surface area contributed by atoms with Crippen LogP contribution in [-0.2, 0) is 4.79 Å². The van der Waals surface area contributed by atoms with Crippen molar-refractivity contribution >= 4 is 17.7 Å². The van der Waals surface area contributed by atoms with E-state index in [1.54, 1.807) is 30.3 Å². The summed E-state index contributed by atoms with van der Waals surface area (Å²) in [5.41, 5.74) is 0.947.